The van der Waals surface area contributed by atoms with E-state index in [-0.39, 0.29) is 0 Å². The Bertz CT molecular complexity index is 741. The van der Waals surface area contributed by atoms with Gasteiger partial charge in [-0.15, -0.1) is 0 Å². The molecule has 156 valence electrons. The normalized spacial score (nSPS) is 11.3. The van der Waals surface area contributed by atoms with Crippen LogP contribution in [0.15, 0.2) is 54.6 Å². The summed E-state index contributed by atoms with van der Waals surface area (Å²) in [7, 11) is 0. The van der Waals surface area contributed by atoms with Gasteiger partial charge in [-0.2, -0.15) is 0 Å². The Morgan fingerprint density at radius 1 is 0.897 bits per heavy atom. The predicted molar refractivity (Wildman–Crippen MR) is 131 cm³/mol. The standard InChI is InChI=1S/C27H36OS/c1-4-5-6-7-8-9-20-28-26-17-12-23(13-18-26)14-19-27(29)25-15-10-24(11-16-25)21-22(2)3/h10-19,22H,4-9,20-21H2,1-3H3. The molecule has 0 aromatic heterocycles. The van der Waals surface area contributed by atoms with Crippen molar-refractivity contribution in [3.05, 3.63) is 71.3 Å². The second-order valence-electron chi connectivity index (χ2n) is 8.18. The SMILES string of the molecule is CCCCCCCCOc1ccc(C=CC(=S)c2ccc(CC(C)C)cc2)cc1. The van der Waals surface area contributed by atoms with Crippen molar-refractivity contribution in [1.82, 2.24) is 0 Å². The Labute approximate surface area is 183 Å². The molecule has 0 spiro atoms. The molecule has 2 heteroatoms. The molecule has 0 saturated heterocycles. The van der Waals surface area contributed by atoms with Crippen LogP contribution < -0.4 is 4.74 Å². The van der Waals surface area contributed by atoms with E-state index in [2.05, 4.69) is 63.2 Å². The van der Waals surface area contributed by atoms with Crippen LogP contribution in [-0.4, -0.2) is 11.5 Å². The highest BCUT2D eigenvalue weighted by Crippen LogP contribution is 2.16. The van der Waals surface area contributed by atoms with E-state index in [1.54, 1.807) is 0 Å². The third-order valence-electron chi connectivity index (χ3n) is 4.96. The first-order valence-corrected chi connectivity index (χ1v) is 11.5. The maximum atomic E-state index is 5.85. The zero-order valence-electron chi connectivity index (χ0n) is 18.3. The van der Waals surface area contributed by atoms with Gasteiger partial charge in [0, 0.05) is 4.86 Å². The highest BCUT2D eigenvalue weighted by Gasteiger charge is 2.01. The molecule has 0 amide bonds. The minimum absolute atomic E-state index is 0.672. The summed E-state index contributed by atoms with van der Waals surface area (Å²) < 4.78 is 5.85. The Morgan fingerprint density at radius 3 is 2.21 bits per heavy atom. The van der Waals surface area contributed by atoms with Gasteiger partial charge in [0.15, 0.2) is 0 Å². The minimum Gasteiger partial charge on any atom is -0.494 e. The molecule has 0 bridgehead atoms. The van der Waals surface area contributed by atoms with E-state index in [0.717, 1.165) is 41.2 Å². The third-order valence-corrected chi connectivity index (χ3v) is 5.33. The number of benzene rings is 2. The Kier molecular flexibility index (Phi) is 10.7. The van der Waals surface area contributed by atoms with Crippen LogP contribution in [-0.2, 0) is 6.42 Å². The number of rotatable bonds is 13. The van der Waals surface area contributed by atoms with Crippen molar-refractivity contribution < 1.29 is 4.74 Å². The van der Waals surface area contributed by atoms with Crippen LogP contribution in [0, 0.1) is 5.92 Å². The topological polar surface area (TPSA) is 9.23 Å². The number of hydrogen-bond donors (Lipinski definition) is 0. The molecule has 0 heterocycles. The lowest BCUT2D eigenvalue weighted by atomic mass is 10.0. The number of thiocarbonyl (C=S) groups is 1. The zero-order chi connectivity index (χ0) is 20.9. The van der Waals surface area contributed by atoms with E-state index in [4.69, 9.17) is 17.0 Å². The highest BCUT2D eigenvalue weighted by molar-refractivity contribution is 7.81. The molecule has 29 heavy (non-hydrogen) atoms. The second-order valence-corrected chi connectivity index (χ2v) is 8.62. The molecule has 2 rings (SSSR count). The van der Waals surface area contributed by atoms with E-state index in [9.17, 15) is 0 Å². The quantitative estimate of drug-likeness (QED) is 0.143. The number of allylic oxidation sites excluding steroid dienone is 1. The van der Waals surface area contributed by atoms with Crippen molar-refractivity contribution in [3.8, 4) is 5.75 Å². The van der Waals surface area contributed by atoms with Crippen molar-refractivity contribution >= 4 is 23.2 Å². The van der Waals surface area contributed by atoms with Gasteiger partial charge in [0.05, 0.1) is 6.61 Å². The fraction of sp³-hybridized carbons (Fsp3) is 0.444. The van der Waals surface area contributed by atoms with Gasteiger partial charge in [0.25, 0.3) is 0 Å². The molecule has 0 saturated carbocycles. The lowest BCUT2D eigenvalue weighted by molar-refractivity contribution is 0.304. The smallest absolute Gasteiger partial charge is 0.119 e. The van der Waals surface area contributed by atoms with Crippen molar-refractivity contribution in [1.29, 1.82) is 0 Å². The average molecular weight is 409 g/mol. The predicted octanol–water partition coefficient (Wildman–Crippen LogP) is 8.06. The van der Waals surface area contributed by atoms with E-state index in [1.165, 1.54) is 37.7 Å². The molecule has 0 aliphatic carbocycles. The van der Waals surface area contributed by atoms with Gasteiger partial charge in [-0.1, -0.05) is 108 Å². The fourth-order valence-corrected chi connectivity index (χ4v) is 3.50. The highest BCUT2D eigenvalue weighted by atomic mass is 32.1. The lowest BCUT2D eigenvalue weighted by Gasteiger charge is -2.07. The van der Waals surface area contributed by atoms with Crippen molar-refractivity contribution in [3.63, 3.8) is 0 Å². The van der Waals surface area contributed by atoms with Crippen LogP contribution in [0.5, 0.6) is 5.75 Å². The Morgan fingerprint density at radius 2 is 1.55 bits per heavy atom. The average Bonchev–Trinajstić information content (AvgIpc) is 2.72. The van der Waals surface area contributed by atoms with Crippen LogP contribution >= 0.6 is 12.2 Å². The van der Waals surface area contributed by atoms with Crippen molar-refractivity contribution in [2.24, 2.45) is 5.92 Å². The molecule has 0 radical (unpaired) electrons. The number of ether oxygens (including phenoxy) is 1. The van der Waals surface area contributed by atoms with Gasteiger partial charge in [0.1, 0.15) is 5.75 Å². The largest absolute Gasteiger partial charge is 0.494 e. The molecule has 0 atom stereocenters. The van der Waals surface area contributed by atoms with Gasteiger partial charge in [-0.25, -0.2) is 0 Å². The summed E-state index contributed by atoms with van der Waals surface area (Å²) in [6.45, 7) is 7.54. The first-order chi connectivity index (χ1) is 14.1. The summed E-state index contributed by atoms with van der Waals surface area (Å²) in [5, 5.41) is 0. The molecule has 2 aromatic carbocycles. The second kappa shape index (κ2) is 13.3. The molecule has 1 nitrogen and oxygen atoms in total. The van der Waals surface area contributed by atoms with Crippen molar-refractivity contribution in [2.45, 2.75) is 65.7 Å². The van der Waals surface area contributed by atoms with Crippen LogP contribution in [0.2, 0.25) is 0 Å². The molecular formula is C27H36OS. The van der Waals surface area contributed by atoms with Crippen LogP contribution in [0.4, 0.5) is 0 Å². The zero-order valence-corrected chi connectivity index (χ0v) is 19.1. The lowest BCUT2D eigenvalue weighted by Crippen LogP contribution is -1.97. The van der Waals surface area contributed by atoms with Gasteiger partial charge < -0.3 is 4.74 Å². The molecular weight excluding hydrogens is 372 g/mol. The van der Waals surface area contributed by atoms with Gasteiger partial charge >= 0.3 is 0 Å². The van der Waals surface area contributed by atoms with Gasteiger partial charge in [-0.05, 0) is 53.7 Å². The number of hydrogen-bond acceptors (Lipinski definition) is 2. The van der Waals surface area contributed by atoms with Crippen LogP contribution in [0.3, 0.4) is 0 Å². The Balaban J connectivity index is 1.76. The summed E-state index contributed by atoms with van der Waals surface area (Å²) in [4.78, 5) is 0.865. The van der Waals surface area contributed by atoms with E-state index >= 15 is 0 Å². The molecule has 0 aliphatic heterocycles. The summed E-state index contributed by atoms with van der Waals surface area (Å²) >= 11 is 5.57. The first-order valence-electron chi connectivity index (χ1n) is 11.1. The molecule has 0 fully saturated rings. The summed E-state index contributed by atoms with van der Waals surface area (Å²) in [5.74, 6) is 1.62. The molecule has 2 aromatic rings. The number of unbranched alkanes of at least 4 members (excludes halogenated alkanes) is 5. The minimum atomic E-state index is 0.672. The van der Waals surface area contributed by atoms with Gasteiger partial charge in [-0.3, -0.25) is 0 Å². The van der Waals surface area contributed by atoms with E-state index < -0.39 is 0 Å². The monoisotopic (exact) mass is 408 g/mol. The third kappa shape index (κ3) is 9.41. The first kappa shape index (κ1) is 23.3. The fourth-order valence-electron chi connectivity index (χ4n) is 3.29. The summed E-state index contributed by atoms with van der Waals surface area (Å²) in [5.41, 5.74) is 3.60. The van der Waals surface area contributed by atoms with E-state index in [0.29, 0.717) is 5.92 Å². The van der Waals surface area contributed by atoms with Crippen LogP contribution in [0.25, 0.3) is 6.08 Å². The maximum absolute atomic E-state index is 5.85. The maximum Gasteiger partial charge on any atom is 0.119 e. The van der Waals surface area contributed by atoms with Gasteiger partial charge in [0.2, 0.25) is 0 Å². The molecule has 0 unspecified atom stereocenters. The Hall–Kier alpha value is -1.93. The summed E-state index contributed by atoms with van der Waals surface area (Å²) in [6.07, 6.45) is 12.9. The summed E-state index contributed by atoms with van der Waals surface area (Å²) in [6, 6.07) is 16.9. The van der Waals surface area contributed by atoms with Crippen LogP contribution in [0.1, 0.15) is 76.0 Å². The van der Waals surface area contributed by atoms with Crippen molar-refractivity contribution in [2.75, 3.05) is 6.61 Å². The molecule has 0 N–H and O–H groups in total. The van der Waals surface area contributed by atoms with E-state index in [1.807, 2.05) is 18.2 Å². The molecule has 0 aliphatic rings.